The molecule has 1 aliphatic rings. The molecular formula is C17H26O4. The molecule has 4 heteroatoms. The van der Waals surface area contributed by atoms with E-state index in [4.69, 9.17) is 0 Å². The summed E-state index contributed by atoms with van der Waals surface area (Å²) in [5.41, 5.74) is -0.453. The van der Waals surface area contributed by atoms with Gasteiger partial charge in [-0.3, -0.25) is 4.79 Å². The van der Waals surface area contributed by atoms with Crippen molar-refractivity contribution >= 4 is 11.9 Å². The lowest BCUT2D eigenvalue weighted by molar-refractivity contribution is -0.148. The van der Waals surface area contributed by atoms with Gasteiger partial charge in [-0.15, -0.1) is 0 Å². The van der Waals surface area contributed by atoms with Crippen molar-refractivity contribution in [3.05, 3.63) is 23.3 Å². The van der Waals surface area contributed by atoms with E-state index in [2.05, 4.69) is 0 Å². The number of rotatable bonds is 5. The van der Waals surface area contributed by atoms with Crippen LogP contribution in [0.5, 0.6) is 0 Å². The van der Waals surface area contributed by atoms with Gasteiger partial charge in [-0.25, -0.2) is 4.79 Å². The number of hydrogen-bond acceptors (Lipinski definition) is 2. The lowest BCUT2D eigenvalue weighted by atomic mass is 9.64. The molecule has 1 rings (SSSR count). The molecule has 2 atom stereocenters. The Balaban J connectivity index is 3.42. The molecule has 0 aromatic rings. The Kier molecular flexibility index (Phi) is 5.03. The summed E-state index contributed by atoms with van der Waals surface area (Å²) < 4.78 is 0. The summed E-state index contributed by atoms with van der Waals surface area (Å²) in [6.45, 7) is 9.54. The number of carbonyl (C=O) groups is 2. The molecule has 0 aliphatic heterocycles. The van der Waals surface area contributed by atoms with Crippen LogP contribution in [0.3, 0.4) is 0 Å². The summed E-state index contributed by atoms with van der Waals surface area (Å²) in [4.78, 5) is 23.4. The van der Waals surface area contributed by atoms with E-state index in [9.17, 15) is 19.8 Å². The fraction of sp³-hybridized carbons (Fsp3) is 0.647. The molecule has 1 aliphatic carbocycles. The second-order valence-electron chi connectivity index (χ2n) is 7.04. The number of allylic oxidation sites excluding steroid dienone is 2. The smallest absolute Gasteiger partial charge is 0.331 e. The lowest BCUT2D eigenvalue weighted by Gasteiger charge is -2.38. The molecule has 0 saturated carbocycles. The highest BCUT2D eigenvalue weighted by Gasteiger charge is 2.46. The van der Waals surface area contributed by atoms with E-state index in [0.29, 0.717) is 6.42 Å². The Labute approximate surface area is 126 Å². The van der Waals surface area contributed by atoms with Crippen molar-refractivity contribution in [3.63, 3.8) is 0 Å². The van der Waals surface area contributed by atoms with Crippen molar-refractivity contribution in [1.29, 1.82) is 0 Å². The molecular weight excluding hydrogens is 268 g/mol. The van der Waals surface area contributed by atoms with Crippen LogP contribution >= 0.6 is 0 Å². The van der Waals surface area contributed by atoms with Crippen LogP contribution < -0.4 is 0 Å². The molecule has 0 radical (unpaired) electrons. The maximum atomic E-state index is 11.8. The van der Waals surface area contributed by atoms with Crippen molar-refractivity contribution in [2.45, 2.75) is 53.9 Å². The third-order valence-electron chi connectivity index (χ3n) is 4.29. The molecule has 2 unspecified atom stereocenters. The lowest BCUT2D eigenvalue weighted by Crippen LogP contribution is -2.40. The SMILES string of the molecule is CCCCC1C(C(=O)O)=CC(C(C)(C)C)=CC1(C)C(=O)O. The van der Waals surface area contributed by atoms with Gasteiger partial charge in [0.05, 0.1) is 5.41 Å². The van der Waals surface area contributed by atoms with Crippen LogP contribution in [0, 0.1) is 16.7 Å². The van der Waals surface area contributed by atoms with Gasteiger partial charge in [-0.2, -0.15) is 0 Å². The van der Waals surface area contributed by atoms with Gasteiger partial charge >= 0.3 is 11.9 Å². The minimum atomic E-state index is -1.17. The molecule has 0 spiro atoms. The third-order valence-corrected chi connectivity index (χ3v) is 4.29. The second kappa shape index (κ2) is 6.04. The Morgan fingerprint density at radius 2 is 1.86 bits per heavy atom. The first kappa shape index (κ1) is 17.5. The van der Waals surface area contributed by atoms with E-state index in [1.807, 2.05) is 27.7 Å². The zero-order valence-electron chi connectivity index (χ0n) is 13.6. The molecule has 4 nitrogen and oxygen atoms in total. The van der Waals surface area contributed by atoms with Crippen LogP contribution in [0.15, 0.2) is 23.3 Å². The number of aliphatic carboxylic acids is 2. The zero-order valence-corrected chi connectivity index (χ0v) is 13.6. The zero-order chi connectivity index (χ0) is 16.4. The van der Waals surface area contributed by atoms with Gasteiger partial charge in [-0.05, 0) is 30.4 Å². The topological polar surface area (TPSA) is 74.6 Å². The normalized spacial score (nSPS) is 26.0. The summed E-state index contributed by atoms with van der Waals surface area (Å²) >= 11 is 0. The summed E-state index contributed by atoms with van der Waals surface area (Å²) in [7, 11) is 0. The number of hydrogen-bond donors (Lipinski definition) is 2. The van der Waals surface area contributed by atoms with Crippen molar-refractivity contribution < 1.29 is 19.8 Å². The highest BCUT2D eigenvalue weighted by atomic mass is 16.4. The predicted molar refractivity (Wildman–Crippen MR) is 82.0 cm³/mol. The number of carboxylic acids is 2. The van der Waals surface area contributed by atoms with Crippen molar-refractivity contribution in [3.8, 4) is 0 Å². The van der Waals surface area contributed by atoms with E-state index in [0.717, 1.165) is 18.4 Å². The Morgan fingerprint density at radius 3 is 2.24 bits per heavy atom. The number of carboxylic acid groups (broad SMARTS) is 2. The molecule has 118 valence electrons. The minimum absolute atomic E-state index is 0.223. The van der Waals surface area contributed by atoms with Crippen molar-refractivity contribution in [2.24, 2.45) is 16.7 Å². The largest absolute Gasteiger partial charge is 0.481 e. The van der Waals surface area contributed by atoms with E-state index in [1.165, 1.54) is 0 Å². The van der Waals surface area contributed by atoms with Gasteiger partial charge in [-0.1, -0.05) is 46.6 Å². The average Bonchev–Trinajstić information content (AvgIpc) is 2.34. The van der Waals surface area contributed by atoms with Gasteiger partial charge < -0.3 is 10.2 Å². The van der Waals surface area contributed by atoms with Crippen LogP contribution in [0.1, 0.15) is 53.9 Å². The monoisotopic (exact) mass is 294 g/mol. The van der Waals surface area contributed by atoms with Crippen LogP contribution in [-0.4, -0.2) is 22.2 Å². The number of unbranched alkanes of at least 4 members (excludes halogenated alkanes) is 1. The molecule has 0 amide bonds. The highest BCUT2D eigenvalue weighted by molar-refractivity contribution is 5.91. The quantitative estimate of drug-likeness (QED) is 0.807. The van der Waals surface area contributed by atoms with Crippen molar-refractivity contribution in [1.82, 2.24) is 0 Å². The maximum Gasteiger partial charge on any atom is 0.331 e. The summed E-state index contributed by atoms with van der Waals surface area (Å²) in [6, 6.07) is 0. The average molecular weight is 294 g/mol. The highest BCUT2D eigenvalue weighted by Crippen LogP contribution is 2.46. The first-order chi connectivity index (χ1) is 9.54. The molecule has 0 aromatic heterocycles. The Morgan fingerprint density at radius 1 is 1.29 bits per heavy atom. The molecule has 0 aromatic carbocycles. The second-order valence-corrected chi connectivity index (χ2v) is 7.04. The van der Waals surface area contributed by atoms with Crippen LogP contribution in [-0.2, 0) is 9.59 Å². The van der Waals surface area contributed by atoms with Crippen LogP contribution in [0.2, 0.25) is 0 Å². The molecule has 0 heterocycles. The van der Waals surface area contributed by atoms with E-state index in [-0.39, 0.29) is 11.0 Å². The fourth-order valence-electron chi connectivity index (χ4n) is 2.77. The first-order valence-electron chi connectivity index (χ1n) is 7.45. The molecule has 0 bridgehead atoms. The molecule has 2 N–H and O–H groups in total. The Hall–Kier alpha value is -1.58. The molecule has 0 fully saturated rings. The standard InChI is InChI=1S/C17H26O4/c1-6-7-8-13-12(14(18)19)9-11(16(2,3)4)10-17(13,5)15(20)21/h9-10,13H,6-8H2,1-5H3,(H,18,19)(H,20,21). The van der Waals surface area contributed by atoms with Gasteiger partial charge in [0.2, 0.25) is 0 Å². The fourth-order valence-corrected chi connectivity index (χ4v) is 2.77. The minimum Gasteiger partial charge on any atom is -0.481 e. The Bertz CT molecular complexity index is 493. The summed E-state index contributed by atoms with van der Waals surface area (Å²) in [5, 5.41) is 19.2. The summed E-state index contributed by atoms with van der Waals surface area (Å²) in [5.74, 6) is -2.46. The summed E-state index contributed by atoms with van der Waals surface area (Å²) in [6.07, 6.45) is 5.73. The third kappa shape index (κ3) is 3.55. The van der Waals surface area contributed by atoms with E-state index < -0.39 is 23.3 Å². The van der Waals surface area contributed by atoms with E-state index in [1.54, 1.807) is 19.1 Å². The van der Waals surface area contributed by atoms with Gasteiger partial charge in [0.25, 0.3) is 0 Å². The van der Waals surface area contributed by atoms with E-state index >= 15 is 0 Å². The van der Waals surface area contributed by atoms with Crippen LogP contribution in [0.4, 0.5) is 0 Å². The molecule has 21 heavy (non-hydrogen) atoms. The molecule has 0 saturated heterocycles. The van der Waals surface area contributed by atoms with Gasteiger partial charge in [0.15, 0.2) is 0 Å². The van der Waals surface area contributed by atoms with Gasteiger partial charge in [0, 0.05) is 11.5 Å². The van der Waals surface area contributed by atoms with Crippen LogP contribution in [0.25, 0.3) is 0 Å². The van der Waals surface area contributed by atoms with Gasteiger partial charge in [0.1, 0.15) is 0 Å². The predicted octanol–water partition coefficient (Wildman–Crippen LogP) is 3.88. The maximum absolute atomic E-state index is 11.8. The van der Waals surface area contributed by atoms with Crippen molar-refractivity contribution in [2.75, 3.05) is 0 Å². The first-order valence-corrected chi connectivity index (χ1v) is 7.45.